The summed E-state index contributed by atoms with van der Waals surface area (Å²) >= 11 is 9.81. The standard InChI is InChI=1S/C27H21ClN2O2S2/c1-33-24-9-5-3-7-21(24)26(31)29-19-10-11-20(22(28)15-19)27(32)30-16-18-12-13-34-25(18)14-17-6-2-4-8-23(17)30/h2-13,15H,14,16H2,1H3,(H,29,31). The van der Waals surface area contributed by atoms with E-state index in [0.29, 0.717) is 28.4 Å². The van der Waals surface area contributed by atoms with Crippen LogP contribution in [0, 0.1) is 0 Å². The van der Waals surface area contributed by atoms with Crippen molar-refractivity contribution in [1.29, 1.82) is 0 Å². The molecule has 0 unspecified atom stereocenters. The SMILES string of the molecule is CSc1ccccc1C(=O)Nc1ccc(C(=O)N2Cc3ccsc3Cc3ccccc32)c(Cl)c1. The number of benzene rings is 3. The van der Waals surface area contributed by atoms with Crippen LogP contribution in [-0.4, -0.2) is 18.1 Å². The van der Waals surface area contributed by atoms with E-state index in [2.05, 4.69) is 22.8 Å². The highest BCUT2D eigenvalue weighted by Gasteiger charge is 2.27. The largest absolute Gasteiger partial charge is 0.322 e. The molecule has 2 amide bonds. The first-order valence-corrected chi connectivity index (χ1v) is 13.2. The van der Waals surface area contributed by atoms with Gasteiger partial charge in [0.1, 0.15) is 0 Å². The van der Waals surface area contributed by atoms with Crippen LogP contribution in [0.4, 0.5) is 11.4 Å². The fourth-order valence-electron chi connectivity index (χ4n) is 4.14. The summed E-state index contributed by atoms with van der Waals surface area (Å²) in [4.78, 5) is 30.4. The lowest BCUT2D eigenvalue weighted by molar-refractivity contribution is 0.0984. The number of halogens is 1. The highest BCUT2D eigenvalue weighted by atomic mass is 35.5. The monoisotopic (exact) mass is 504 g/mol. The van der Waals surface area contributed by atoms with Crippen LogP contribution in [0.5, 0.6) is 0 Å². The van der Waals surface area contributed by atoms with Gasteiger partial charge in [-0.25, -0.2) is 0 Å². The molecule has 1 aliphatic heterocycles. The average Bonchev–Trinajstić information content (AvgIpc) is 3.22. The Hall–Kier alpha value is -3.06. The Balaban J connectivity index is 1.43. The molecule has 0 bridgehead atoms. The quantitative estimate of drug-likeness (QED) is 0.301. The summed E-state index contributed by atoms with van der Waals surface area (Å²) in [5.41, 5.74) is 4.71. The molecular weight excluding hydrogens is 484 g/mol. The van der Waals surface area contributed by atoms with E-state index < -0.39 is 0 Å². The number of amides is 2. The number of anilines is 2. The molecule has 0 fully saturated rings. The molecule has 0 saturated carbocycles. The van der Waals surface area contributed by atoms with E-state index in [1.807, 2.05) is 42.7 Å². The topological polar surface area (TPSA) is 49.4 Å². The number of rotatable bonds is 4. The molecule has 0 spiro atoms. The van der Waals surface area contributed by atoms with Gasteiger partial charge in [-0.1, -0.05) is 41.9 Å². The molecular formula is C27H21ClN2O2S2. The highest BCUT2D eigenvalue weighted by Crippen LogP contribution is 2.35. The molecule has 1 N–H and O–H groups in total. The van der Waals surface area contributed by atoms with Gasteiger partial charge in [0.25, 0.3) is 11.8 Å². The highest BCUT2D eigenvalue weighted by molar-refractivity contribution is 7.98. The van der Waals surface area contributed by atoms with Crippen LogP contribution in [0.25, 0.3) is 0 Å². The molecule has 4 aromatic rings. The molecule has 1 aliphatic rings. The van der Waals surface area contributed by atoms with E-state index >= 15 is 0 Å². The Labute approximate surface area is 211 Å². The fraction of sp³-hybridized carbons (Fsp3) is 0.111. The van der Waals surface area contributed by atoms with Crippen molar-refractivity contribution in [3.63, 3.8) is 0 Å². The number of nitrogens with one attached hydrogen (secondary N) is 1. The molecule has 34 heavy (non-hydrogen) atoms. The third-order valence-corrected chi connectivity index (χ3v) is 7.93. The number of hydrogen-bond acceptors (Lipinski definition) is 4. The number of hydrogen-bond donors (Lipinski definition) is 1. The van der Waals surface area contributed by atoms with Gasteiger partial charge in [-0.3, -0.25) is 9.59 Å². The average molecular weight is 505 g/mol. The first-order valence-electron chi connectivity index (χ1n) is 10.7. The zero-order valence-corrected chi connectivity index (χ0v) is 20.8. The minimum Gasteiger partial charge on any atom is -0.322 e. The molecule has 170 valence electrons. The van der Waals surface area contributed by atoms with Crippen molar-refractivity contribution < 1.29 is 9.59 Å². The van der Waals surface area contributed by atoms with E-state index in [4.69, 9.17) is 11.6 Å². The van der Waals surface area contributed by atoms with Crippen LogP contribution >= 0.6 is 34.7 Å². The summed E-state index contributed by atoms with van der Waals surface area (Å²) in [5, 5.41) is 5.26. The second-order valence-corrected chi connectivity index (χ2v) is 10.2. The van der Waals surface area contributed by atoms with E-state index in [-0.39, 0.29) is 11.8 Å². The first-order chi connectivity index (χ1) is 16.5. The molecule has 5 rings (SSSR count). The Bertz CT molecular complexity index is 1400. The van der Waals surface area contributed by atoms with E-state index in [1.165, 1.54) is 16.6 Å². The Morgan fingerprint density at radius 2 is 1.76 bits per heavy atom. The van der Waals surface area contributed by atoms with Crippen LogP contribution in [0.3, 0.4) is 0 Å². The second kappa shape index (κ2) is 9.66. The molecule has 7 heteroatoms. The summed E-state index contributed by atoms with van der Waals surface area (Å²) in [6.45, 7) is 0.495. The van der Waals surface area contributed by atoms with Crippen molar-refractivity contribution >= 4 is 57.9 Å². The number of fused-ring (bicyclic) bond motifs is 2. The second-order valence-electron chi connectivity index (χ2n) is 7.91. The molecule has 3 aromatic carbocycles. The van der Waals surface area contributed by atoms with Crippen LogP contribution < -0.4 is 10.2 Å². The van der Waals surface area contributed by atoms with Gasteiger partial charge in [-0.05, 0) is 65.2 Å². The van der Waals surface area contributed by atoms with Crippen molar-refractivity contribution in [2.24, 2.45) is 0 Å². The van der Waals surface area contributed by atoms with Crippen LogP contribution in [0.1, 0.15) is 36.7 Å². The maximum absolute atomic E-state index is 13.7. The molecule has 0 aliphatic carbocycles. The number of thiophene rings is 1. The van der Waals surface area contributed by atoms with E-state index in [9.17, 15) is 9.59 Å². The number of nitrogens with zero attached hydrogens (tertiary/aromatic N) is 1. The van der Waals surface area contributed by atoms with Crippen molar-refractivity contribution in [3.8, 4) is 0 Å². The lowest BCUT2D eigenvalue weighted by atomic mass is 10.1. The van der Waals surface area contributed by atoms with Gasteiger partial charge in [0.05, 0.1) is 22.7 Å². The molecule has 2 heterocycles. The smallest absolute Gasteiger partial charge is 0.260 e. The maximum Gasteiger partial charge on any atom is 0.260 e. The third-order valence-electron chi connectivity index (χ3n) is 5.85. The fourth-order valence-corrected chi connectivity index (χ4v) is 5.91. The van der Waals surface area contributed by atoms with Gasteiger partial charge >= 0.3 is 0 Å². The molecule has 0 saturated heterocycles. The van der Waals surface area contributed by atoms with Crippen LogP contribution in [-0.2, 0) is 13.0 Å². The molecule has 0 radical (unpaired) electrons. The Morgan fingerprint density at radius 3 is 2.59 bits per heavy atom. The predicted octanol–water partition coefficient (Wildman–Crippen LogP) is 7.13. The number of para-hydroxylation sites is 1. The minimum atomic E-state index is -0.216. The number of carbonyl (C=O) groups excluding carboxylic acids is 2. The summed E-state index contributed by atoms with van der Waals surface area (Å²) in [6, 6.07) is 22.6. The Morgan fingerprint density at radius 1 is 0.971 bits per heavy atom. The lowest BCUT2D eigenvalue weighted by Gasteiger charge is -2.24. The van der Waals surface area contributed by atoms with Crippen molar-refractivity contribution in [2.45, 2.75) is 17.9 Å². The van der Waals surface area contributed by atoms with Gasteiger partial charge in [0.15, 0.2) is 0 Å². The van der Waals surface area contributed by atoms with Crippen LogP contribution in [0.15, 0.2) is 83.1 Å². The normalized spacial score (nSPS) is 12.5. The van der Waals surface area contributed by atoms with Gasteiger partial charge in [-0.15, -0.1) is 23.1 Å². The summed E-state index contributed by atoms with van der Waals surface area (Å²) in [6.07, 6.45) is 2.74. The number of carbonyl (C=O) groups is 2. The molecule has 1 aromatic heterocycles. The first kappa shape index (κ1) is 22.7. The summed E-state index contributed by atoms with van der Waals surface area (Å²) in [7, 11) is 0. The van der Waals surface area contributed by atoms with E-state index in [0.717, 1.165) is 28.1 Å². The van der Waals surface area contributed by atoms with Crippen molar-refractivity contribution in [2.75, 3.05) is 16.5 Å². The zero-order chi connectivity index (χ0) is 23.7. The maximum atomic E-state index is 13.7. The third kappa shape index (κ3) is 4.37. The van der Waals surface area contributed by atoms with Gasteiger partial charge in [-0.2, -0.15) is 0 Å². The lowest BCUT2D eigenvalue weighted by Crippen LogP contribution is -2.30. The summed E-state index contributed by atoms with van der Waals surface area (Å²) < 4.78 is 0. The molecule has 0 atom stereocenters. The van der Waals surface area contributed by atoms with E-state index in [1.54, 1.807) is 40.5 Å². The van der Waals surface area contributed by atoms with Crippen LogP contribution in [0.2, 0.25) is 5.02 Å². The molecule has 4 nitrogen and oxygen atoms in total. The zero-order valence-electron chi connectivity index (χ0n) is 18.4. The minimum absolute atomic E-state index is 0.165. The van der Waals surface area contributed by atoms with Gasteiger partial charge in [0.2, 0.25) is 0 Å². The van der Waals surface area contributed by atoms with Crippen molar-refractivity contribution in [1.82, 2.24) is 0 Å². The summed E-state index contributed by atoms with van der Waals surface area (Å²) in [5.74, 6) is -0.381. The Kier molecular flexibility index (Phi) is 6.46. The van der Waals surface area contributed by atoms with Gasteiger partial charge in [0, 0.05) is 27.6 Å². The van der Waals surface area contributed by atoms with Crippen molar-refractivity contribution in [3.05, 3.63) is 110 Å². The van der Waals surface area contributed by atoms with Gasteiger partial charge < -0.3 is 10.2 Å². The predicted molar refractivity (Wildman–Crippen MR) is 142 cm³/mol. The number of thioether (sulfide) groups is 1.